The van der Waals surface area contributed by atoms with Gasteiger partial charge in [-0.15, -0.1) is 0 Å². The molecule has 3 aromatic carbocycles. The summed E-state index contributed by atoms with van der Waals surface area (Å²) in [5.41, 5.74) is 10.9. The van der Waals surface area contributed by atoms with E-state index in [0.717, 1.165) is 42.6 Å². The van der Waals surface area contributed by atoms with Crippen LogP contribution in [-0.4, -0.2) is 44.3 Å². The molecule has 1 atom stereocenters. The van der Waals surface area contributed by atoms with E-state index in [9.17, 15) is 9.59 Å². The number of fused-ring (bicyclic) bond motifs is 3. The van der Waals surface area contributed by atoms with Crippen LogP contribution in [0.3, 0.4) is 0 Å². The summed E-state index contributed by atoms with van der Waals surface area (Å²) >= 11 is 0. The van der Waals surface area contributed by atoms with Gasteiger partial charge in [-0.3, -0.25) is 9.59 Å². The number of nitrogens with one attached hydrogen (secondary N) is 2. The molecule has 5 aromatic rings. The Morgan fingerprint density at radius 2 is 1.95 bits per heavy atom. The topological polar surface area (TPSA) is 119 Å². The number of carbonyl (C=O) groups is 2. The molecule has 38 heavy (non-hydrogen) atoms. The van der Waals surface area contributed by atoms with E-state index in [4.69, 9.17) is 5.73 Å². The van der Waals surface area contributed by atoms with Gasteiger partial charge >= 0.3 is 0 Å². The van der Waals surface area contributed by atoms with E-state index in [1.807, 2.05) is 18.2 Å². The van der Waals surface area contributed by atoms with Crippen LogP contribution in [0.5, 0.6) is 0 Å². The number of benzene rings is 3. The first-order valence-corrected chi connectivity index (χ1v) is 13.1. The highest BCUT2D eigenvalue weighted by Gasteiger charge is 2.26. The molecule has 2 aromatic heterocycles. The summed E-state index contributed by atoms with van der Waals surface area (Å²) in [4.78, 5) is 38.6. The van der Waals surface area contributed by atoms with Gasteiger partial charge in [0.15, 0.2) is 11.6 Å². The first kappa shape index (κ1) is 24.1. The van der Waals surface area contributed by atoms with Crippen LogP contribution in [0.15, 0.2) is 60.7 Å². The molecule has 1 aliphatic carbocycles. The van der Waals surface area contributed by atoms with Gasteiger partial charge in [0.25, 0.3) is 11.7 Å². The highest BCUT2D eigenvalue weighted by atomic mass is 16.1. The number of carbonyl (C=O) groups excluding carboxylic acids is 2. The predicted molar refractivity (Wildman–Crippen MR) is 147 cm³/mol. The van der Waals surface area contributed by atoms with Crippen LogP contribution in [0.1, 0.15) is 50.2 Å². The molecule has 0 aliphatic heterocycles. The average Bonchev–Trinajstić information content (AvgIpc) is 3.53. The number of ketones is 1. The molecule has 6 rings (SSSR count). The second kappa shape index (κ2) is 9.87. The fourth-order valence-corrected chi connectivity index (χ4v) is 5.42. The second-order valence-electron chi connectivity index (χ2n) is 10.0. The molecule has 0 spiro atoms. The minimum absolute atomic E-state index is 0.158. The number of hydrogen-bond donors (Lipinski definition) is 3. The Bertz CT molecular complexity index is 1680. The van der Waals surface area contributed by atoms with Gasteiger partial charge in [0.2, 0.25) is 0 Å². The highest BCUT2D eigenvalue weighted by Crippen LogP contribution is 2.25. The lowest BCUT2D eigenvalue weighted by Crippen LogP contribution is -2.25. The van der Waals surface area contributed by atoms with Crippen molar-refractivity contribution in [1.29, 1.82) is 0 Å². The molecule has 8 nitrogen and oxygen atoms in total. The van der Waals surface area contributed by atoms with Crippen LogP contribution in [0.25, 0.3) is 21.8 Å². The van der Waals surface area contributed by atoms with Gasteiger partial charge in [-0.05, 0) is 72.7 Å². The van der Waals surface area contributed by atoms with Crippen LogP contribution >= 0.6 is 0 Å². The van der Waals surface area contributed by atoms with Gasteiger partial charge in [-0.2, -0.15) is 0 Å². The lowest BCUT2D eigenvalue weighted by molar-refractivity contribution is 0.0953. The third-order valence-electron chi connectivity index (χ3n) is 7.60. The van der Waals surface area contributed by atoms with Gasteiger partial charge < -0.3 is 20.6 Å². The molecular weight excluding hydrogens is 476 g/mol. The first-order chi connectivity index (χ1) is 18.5. The lowest BCUT2D eigenvalue weighted by Gasteiger charge is -2.18. The van der Waals surface area contributed by atoms with E-state index >= 15 is 0 Å². The Labute approximate surface area is 220 Å². The monoisotopic (exact) mass is 506 g/mol. The maximum absolute atomic E-state index is 13.3. The number of aryl methyl sites for hydroxylation is 2. The zero-order chi connectivity index (χ0) is 26.2. The maximum atomic E-state index is 13.3. The third-order valence-corrected chi connectivity index (χ3v) is 7.60. The molecule has 192 valence electrons. The minimum Gasteiger partial charge on any atom is -0.352 e. The van der Waals surface area contributed by atoms with E-state index in [2.05, 4.69) is 44.5 Å². The molecule has 4 N–H and O–H groups in total. The zero-order valence-corrected chi connectivity index (χ0v) is 21.3. The van der Waals surface area contributed by atoms with Crippen LogP contribution in [0.2, 0.25) is 0 Å². The number of imidazole rings is 2. The molecule has 1 amide bonds. The number of amides is 1. The van der Waals surface area contributed by atoms with Crippen LogP contribution in [0, 0.1) is 5.92 Å². The van der Waals surface area contributed by atoms with E-state index in [-0.39, 0.29) is 17.5 Å². The van der Waals surface area contributed by atoms with Gasteiger partial charge in [-0.1, -0.05) is 42.5 Å². The number of nitrogens with two attached hydrogens (primary N) is 1. The Balaban J connectivity index is 1.18. The third kappa shape index (κ3) is 4.37. The molecule has 0 saturated heterocycles. The van der Waals surface area contributed by atoms with Crippen LogP contribution in [0.4, 0.5) is 0 Å². The van der Waals surface area contributed by atoms with Gasteiger partial charge in [-0.25, -0.2) is 9.97 Å². The fourth-order valence-electron chi connectivity index (χ4n) is 5.42. The number of nitrogens with zero attached hydrogens (tertiary/aromatic N) is 3. The molecule has 2 heterocycles. The van der Waals surface area contributed by atoms with Crippen LogP contribution < -0.4 is 11.1 Å². The fraction of sp³-hybridized carbons (Fsp3) is 0.267. The minimum atomic E-state index is -0.261. The predicted octanol–water partition coefficient (Wildman–Crippen LogP) is 3.72. The Morgan fingerprint density at radius 1 is 1.11 bits per heavy atom. The molecule has 0 radical (unpaired) electrons. The summed E-state index contributed by atoms with van der Waals surface area (Å²) in [7, 11) is 1.79. The van der Waals surface area contributed by atoms with Crippen molar-refractivity contribution < 1.29 is 9.59 Å². The first-order valence-electron chi connectivity index (χ1n) is 13.1. The molecule has 0 fully saturated rings. The molecule has 0 bridgehead atoms. The SMILES string of the molecule is Cn1c(C(=O)c2nc3c([nH]2)CC(CN)CC3)nc2ccc(C(=O)NCCc3cccc4ccccc34)cc21. The van der Waals surface area contributed by atoms with Crippen LogP contribution in [-0.2, 0) is 26.3 Å². The van der Waals surface area contributed by atoms with E-state index < -0.39 is 0 Å². The van der Waals surface area contributed by atoms with Crippen molar-refractivity contribution in [2.24, 2.45) is 18.7 Å². The number of rotatable bonds is 7. The molecule has 0 saturated carbocycles. The summed E-state index contributed by atoms with van der Waals surface area (Å²) in [6, 6.07) is 19.8. The standard InChI is InChI=1S/C30H30N6O2/c1-36-26-16-21(30(38)32-14-13-20-7-4-6-19-5-2-3-8-22(19)20)10-12-24(26)35-29(36)27(37)28-33-23-11-9-18(17-31)15-25(23)34-28/h2-8,10,12,16,18H,9,11,13-15,17,31H2,1H3,(H,32,38)(H,33,34). The van der Waals surface area contributed by atoms with E-state index in [0.29, 0.717) is 35.9 Å². The quantitative estimate of drug-likeness (QED) is 0.291. The zero-order valence-electron chi connectivity index (χ0n) is 21.3. The van der Waals surface area contributed by atoms with Crippen molar-refractivity contribution in [3.63, 3.8) is 0 Å². The van der Waals surface area contributed by atoms with Gasteiger partial charge in [0, 0.05) is 24.8 Å². The Morgan fingerprint density at radius 3 is 2.82 bits per heavy atom. The summed E-state index contributed by atoms with van der Waals surface area (Å²) in [5.74, 6) is 0.587. The molecule has 8 heteroatoms. The second-order valence-corrected chi connectivity index (χ2v) is 10.0. The number of H-pyrrole nitrogens is 1. The summed E-state index contributed by atoms with van der Waals surface area (Å²) in [6.45, 7) is 1.15. The number of aromatic amines is 1. The Hall–Kier alpha value is -4.30. The number of aromatic nitrogens is 4. The van der Waals surface area contributed by atoms with Crippen molar-refractivity contribution in [1.82, 2.24) is 24.8 Å². The Kier molecular flexibility index (Phi) is 6.25. The van der Waals surface area contributed by atoms with E-state index in [1.165, 1.54) is 16.3 Å². The maximum Gasteiger partial charge on any atom is 0.263 e. The van der Waals surface area contributed by atoms with Gasteiger partial charge in [0.1, 0.15) is 0 Å². The van der Waals surface area contributed by atoms with Crippen molar-refractivity contribution in [2.45, 2.75) is 25.7 Å². The number of hydrogen-bond acceptors (Lipinski definition) is 5. The normalized spacial score (nSPS) is 15.1. The molecular formula is C30H30N6O2. The average molecular weight is 507 g/mol. The molecule has 1 aliphatic rings. The summed E-state index contributed by atoms with van der Waals surface area (Å²) < 4.78 is 1.73. The van der Waals surface area contributed by atoms with E-state index in [1.54, 1.807) is 29.8 Å². The molecule has 1 unspecified atom stereocenters. The lowest BCUT2D eigenvalue weighted by atomic mass is 9.90. The summed E-state index contributed by atoms with van der Waals surface area (Å²) in [5, 5.41) is 5.42. The highest BCUT2D eigenvalue weighted by molar-refractivity contribution is 6.06. The largest absolute Gasteiger partial charge is 0.352 e. The summed E-state index contributed by atoms with van der Waals surface area (Å²) in [6.07, 6.45) is 3.36. The van der Waals surface area contributed by atoms with Crippen molar-refractivity contribution >= 4 is 33.5 Å². The smallest absolute Gasteiger partial charge is 0.263 e. The van der Waals surface area contributed by atoms with Gasteiger partial charge in [0.05, 0.1) is 16.7 Å². The van der Waals surface area contributed by atoms with Crippen molar-refractivity contribution in [2.75, 3.05) is 13.1 Å². The van der Waals surface area contributed by atoms with Crippen molar-refractivity contribution in [3.8, 4) is 0 Å². The van der Waals surface area contributed by atoms with Crippen molar-refractivity contribution in [3.05, 3.63) is 94.8 Å².